The maximum atomic E-state index is 13.0. The van der Waals surface area contributed by atoms with E-state index in [0.29, 0.717) is 5.56 Å². The molecule has 0 saturated heterocycles. The number of aromatic nitrogens is 1. The molecular weight excluding hydrogens is 265 g/mol. The van der Waals surface area contributed by atoms with Crippen LogP contribution in [0.4, 0.5) is 4.39 Å². The van der Waals surface area contributed by atoms with E-state index >= 15 is 0 Å². The first-order valence-corrected chi connectivity index (χ1v) is 6.41. The molecule has 0 spiro atoms. The molecule has 0 aliphatic carbocycles. The summed E-state index contributed by atoms with van der Waals surface area (Å²) in [5, 5.41) is 0. The van der Waals surface area contributed by atoms with Gasteiger partial charge in [-0.2, -0.15) is 0 Å². The lowest BCUT2D eigenvalue weighted by Crippen LogP contribution is -2.08. The highest BCUT2D eigenvalue weighted by molar-refractivity contribution is 7.16. The Kier molecular flexibility index (Phi) is 2.97. The van der Waals surface area contributed by atoms with Crippen LogP contribution in [0.3, 0.4) is 0 Å². The summed E-state index contributed by atoms with van der Waals surface area (Å²) < 4.78 is 19.0. The number of hydrogen-bond donors (Lipinski definition) is 0. The van der Waals surface area contributed by atoms with E-state index in [-0.39, 0.29) is 5.75 Å². The molecule has 1 heterocycles. The number of hydrogen-bond acceptors (Lipinski definition) is 4. The van der Waals surface area contributed by atoms with Crippen LogP contribution in [-0.2, 0) is 0 Å². The second kappa shape index (κ2) is 4.78. The third-order valence-electron chi connectivity index (χ3n) is 2.57. The van der Waals surface area contributed by atoms with E-state index in [9.17, 15) is 9.18 Å². The molecule has 3 aromatic rings. The highest BCUT2D eigenvalue weighted by atomic mass is 32.1. The fourth-order valence-electron chi connectivity index (χ4n) is 1.68. The average Bonchev–Trinajstić information content (AvgIpc) is 2.85. The van der Waals surface area contributed by atoms with Crippen molar-refractivity contribution in [2.45, 2.75) is 0 Å². The van der Waals surface area contributed by atoms with Crippen LogP contribution >= 0.6 is 11.3 Å². The molecule has 0 fully saturated rings. The summed E-state index contributed by atoms with van der Waals surface area (Å²) in [6, 6.07) is 10.6. The van der Waals surface area contributed by atoms with Crippen LogP contribution in [0, 0.1) is 5.82 Å². The van der Waals surface area contributed by atoms with Gasteiger partial charge < -0.3 is 4.74 Å². The fourth-order valence-corrected chi connectivity index (χ4v) is 2.39. The van der Waals surface area contributed by atoms with E-state index in [2.05, 4.69) is 4.98 Å². The monoisotopic (exact) mass is 273 g/mol. The minimum Gasteiger partial charge on any atom is -0.423 e. The Hall–Kier alpha value is -2.27. The molecule has 5 heteroatoms. The van der Waals surface area contributed by atoms with Gasteiger partial charge in [0.1, 0.15) is 11.6 Å². The van der Waals surface area contributed by atoms with Crippen LogP contribution in [0.15, 0.2) is 48.0 Å². The Morgan fingerprint density at radius 1 is 1.21 bits per heavy atom. The molecule has 0 unspecified atom stereocenters. The molecule has 3 nitrogen and oxygen atoms in total. The van der Waals surface area contributed by atoms with Crippen molar-refractivity contribution >= 4 is 27.5 Å². The third-order valence-corrected chi connectivity index (χ3v) is 3.37. The summed E-state index contributed by atoms with van der Waals surface area (Å²) in [5.41, 5.74) is 2.97. The van der Waals surface area contributed by atoms with Crippen LogP contribution in [0.1, 0.15) is 10.4 Å². The van der Waals surface area contributed by atoms with Crippen molar-refractivity contribution in [3.05, 3.63) is 59.4 Å². The van der Waals surface area contributed by atoms with Gasteiger partial charge in [-0.05, 0) is 30.3 Å². The molecule has 0 N–H and O–H groups in total. The van der Waals surface area contributed by atoms with Gasteiger partial charge in [-0.25, -0.2) is 14.2 Å². The topological polar surface area (TPSA) is 39.2 Å². The summed E-state index contributed by atoms with van der Waals surface area (Å²) in [5.74, 6) is -0.765. The lowest BCUT2D eigenvalue weighted by Gasteiger charge is -2.04. The van der Waals surface area contributed by atoms with Crippen LogP contribution in [0.25, 0.3) is 10.2 Å². The first kappa shape index (κ1) is 11.8. The van der Waals surface area contributed by atoms with Crippen LogP contribution in [-0.4, -0.2) is 11.0 Å². The molecule has 0 bridgehead atoms. The lowest BCUT2D eigenvalue weighted by molar-refractivity contribution is 0.0734. The Labute approximate surface area is 112 Å². The maximum Gasteiger partial charge on any atom is 0.343 e. The lowest BCUT2D eigenvalue weighted by atomic mass is 10.2. The summed E-state index contributed by atoms with van der Waals surface area (Å²) in [6.45, 7) is 0. The zero-order valence-electron chi connectivity index (χ0n) is 9.67. The first-order valence-electron chi connectivity index (χ1n) is 5.53. The number of fused-ring (bicyclic) bond motifs is 1. The molecule has 0 radical (unpaired) electrons. The molecule has 0 aliphatic heterocycles. The Morgan fingerprint density at radius 3 is 2.95 bits per heavy atom. The molecule has 0 saturated carbocycles. The minimum absolute atomic E-state index is 0.189. The molecule has 3 rings (SSSR count). The van der Waals surface area contributed by atoms with Gasteiger partial charge in [0.15, 0.2) is 0 Å². The van der Waals surface area contributed by atoms with E-state index < -0.39 is 11.8 Å². The fraction of sp³-hybridized carbons (Fsp3) is 0. The number of esters is 1. The van der Waals surface area contributed by atoms with E-state index in [4.69, 9.17) is 4.74 Å². The quantitative estimate of drug-likeness (QED) is 0.528. The summed E-state index contributed by atoms with van der Waals surface area (Å²) in [4.78, 5) is 16.1. The zero-order valence-corrected chi connectivity index (χ0v) is 10.5. The van der Waals surface area contributed by atoms with Crippen molar-refractivity contribution in [2.24, 2.45) is 0 Å². The third kappa shape index (κ3) is 2.46. The molecule has 0 atom stereocenters. The number of carbonyl (C=O) groups excluding carboxylic acids is 1. The van der Waals surface area contributed by atoms with Gasteiger partial charge in [-0.15, -0.1) is 11.3 Å². The molecule has 0 aliphatic rings. The van der Waals surface area contributed by atoms with E-state index in [1.807, 2.05) is 0 Å². The van der Waals surface area contributed by atoms with Gasteiger partial charge >= 0.3 is 5.97 Å². The summed E-state index contributed by atoms with van der Waals surface area (Å²) in [6.07, 6.45) is 0. The van der Waals surface area contributed by atoms with Gasteiger partial charge in [0.05, 0.1) is 21.3 Å². The number of carbonyl (C=O) groups is 1. The van der Waals surface area contributed by atoms with Crippen molar-refractivity contribution in [1.29, 1.82) is 0 Å². The molecule has 1 aromatic heterocycles. The van der Waals surface area contributed by atoms with Crippen molar-refractivity contribution in [3.63, 3.8) is 0 Å². The Balaban J connectivity index is 1.87. The molecule has 0 amide bonds. The minimum atomic E-state index is -0.513. The largest absolute Gasteiger partial charge is 0.423 e. The SMILES string of the molecule is O=C(Oc1cccc(F)c1)c1ccc2ncsc2c1. The molecule has 94 valence electrons. The normalized spacial score (nSPS) is 10.6. The average molecular weight is 273 g/mol. The molecule has 19 heavy (non-hydrogen) atoms. The molecular formula is C14H8FNO2S. The second-order valence-corrected chi connectivity index (χ2v) is 4.77. The number of benzene rings is 2. The summed E-state index contributed by atoms with van der Waals surface area (Å²) >= 11 is 1.45. The van der Waals surface area contributed by atoms with Gasteiger partial charge in [0.2, 0.25) is 0 Å². The predicted octanol–water partition coefficient (Wildman–Crippen LogP) is 3.65. The highest BCUT2D eigenvalue weighted by Gasteiger charge is 2.10. The van der Waals surface area contributed by atoms with Gasteiger partial charge in [0.25, 0.3) is 0 Å². The molecule has 2 aromatic carbocycles. The van der Waals surface area contributed by atoms with Crippen molar-refractivity contribution in [3.8, 4) is 5.75 Å². The smallest absolute Gasteiger partial charge is 0.343 e. The second-order valence-electron chi connectivity index (χ2n) is 3.88. The highest BCUT2D eigenvalue weighted by Crippen LogP contribution is 2.20. The number of rotatable bonds is 2. The van der Waals surface area contributed by atoms with E-state index in [1.165, 1.54) is 35.6 Å². The van der Waals surface area contributed by atoms with Crippen molar-refractivity contribution < 1.29 is 13.9 Å². The van der Waals surface area contributed by atoms with Crippen molar-refractivity contribution in [1.82, 2.24) is 4.98 Å². The van der Waals surface area contributed by atoms with E-state index in [0.717, 1.165) is 10.2 Å². The number of thiazole rings is 1. The predicted molar refractivity (Wildman–Crippen MR) is 71.0 cm³/mol. The van der Waals surface area contributed by atoms with Gasteiger partial charge in [0, 0.05) is 6.07 Å². The maximum absolute atomic E-state index is 13.0. The van der Waals surface area contributed by atoms with Crippen LogP contribution in [0.5, 0.6) is 5.75 Å². The van der Waals surface area contributed by atoms with Crippen molar-refractivity contribution in [2.75, 3.05) is 0 Å². The Bertz CT molecular complexity index is 754. The first-order chi connectivity index (χ1) is 9.22. The zero-order chi connectivity index (χ0) is 13.2. The van der Waals surface area contributed by atoms with Crippen LogP contribution in [0.2, 0.25) is 0 Å². The van der Waals surface area contributed by atoms with E-state index in [1.54, 1.807) is 23.7 Å². The van der Waals surface area contributed by atoms with Gasteiger partial charge in [-0.1, -0.05) is 6.07 Å². The van der Waals surface area contributed by atoms with Gasteiger partial charge in [-0.3, -0.25) is 0 Å². The standard InChI is InChI=1S/C14H8FNO2S/c15-10-2-1-3-11(7-10)18-14(17)9-4-5-12-13(6-9)19-8-16-12/h1-8H. The number of ether oxygens (including phenoxy) is 1. The number of nitrogens with zero attached hydrogens (tertiary/aromatic N) is 1. The Morgan fingerprint density at radius 2 is 2.11 bits per heavy atom. The summed E-state index contributed by atoms with van der Waals surface area (Å²) in [7, 11) is 0. The number of halogens is 1. The van der Waals surface area contributed by atoms with Crippen LogP contribution < -0.4 is 4.74 Å².